The molecule has 14 nitrogen and oxygen atoms in total. The van der Waals surface area contributed by atoms with E-state index < -0.39 is 52.4 Å². The summed E-state index contributed by atoms with van der Waals surface area (Å²) in [5.41, 5.74) is -2.20. The van der Waals surface area contributed by atoms with E-state index in [4.69, 9.17) is 0 Å². The summed E-state index contributed by atoms with van der Waals surface area (Å²) in [6, 6.07) is 10.7. The molecular weight excluding hydrogens is 995 g/mol. The molecule has 0 spiro atoms. The Kier molecular flexibility index (Phi) is 15.8. The fourth-order valence-electron chi connectivity index (χ4n) is 8.84. The topological polar surface area (TPSA) is 189 Å². The van der Waals surface area contributed by atoms with Gasteiger partial charge in [-0.1, -0.05) is 12.1 Å². The molecule has 4 aliphatic rings. The van der Waals surface area contributed by atoms with Gasteiger partial charge in [-0.05, 0) is 110 Å². The number of benzene rings is 2. The maximum Gasteiger partial charge on any atom is 0.416 e. The van der Waals surface area contributed by atoms with Gasteiger partial charge in [0.25, 0.3) is 11.8 Å². The number of alkyl halides is 6. The highest BCUT2D eigenvalue weighted by Gasteiger charge is 2.43. The zero-order valence-corrected chi connectivity index (χ0v) is 39.1. The fraction of sp³-hybridized carbons (Fsp3) is 0.500. The summed E-state index contributed by atoms with van der Waals surface area (Å²) in [4.78, 5) is 54.1. The van der Waals surface area contributed by atoms with Crippen LogP contribution in [0.1, 0.15) is 93.1 Å². The maximum atomic E-state index is 12.8. The predicted octanol–water partition coefficient (Wildman–Crippen LogP) is 5.81. The molecule has 6 N–H and O–H groups in total. The van der Waals surface area contributed by atoms with E-state index >= 15 is 0 Å². The number of hydrogen-bond acceptors (Lipinski definition) is 12. The normalized spacial score (nSPS) is 24.0. The second-order valence-electron chi connectivity index (χ2n) is 17.4. The van der Waals surface area contributed by atoms with Crippen LogP contribution in [0.5, 0.6) is 0 Å². The summed E-state index contributed by atoms with van der Waals surface area (Å²) in [5.74, 6) is -2.25. The number of aromatic nitrogens is 2. The lowest BCUT2D eigenvalue weighted by molar-refractivity contribution is -0.138. The zero-order valence-electron chi connectivity index (χ0n) is 35.8. The van der Waals surface area contributed by atoms with Gasteiger partial charge in [-0.3, -0.25) is 29.0 Å². The van der Waals surface area contributed by atoms with Crippen LogP contribution in [0.15, 0.2) is 70.0 Å². The highest BCUT2D eigenvalue weighted by atomic mass is 79.9. The molecular formula is C44H49BrF6N8O6S2. The number of aliphatic hydroxyl groups is 2. The van der Waals surface area contributed by atoms with E-state index in [2.05, 4.69) is 57.2 Å². The number of carbonyl (C=O) groups is 4. The number of rotatable bonds is 12. The lowest BCUT2D eigenvalue weighted by Crippen LogP contribution is -2.63. The van der Waals surface area contributed by atoms with Crippen molar-refractivity contribution in [3.63, 3.8) is 0 Å². The lowest BCUT2D eigenvalue weighted by Gasteiger charge is -2.48. The Morgan fingerprint density at radius 2 is 1.13 bits per heavy atom. The highest BCUT2D eigenvalue weighted by Crippen LogP contribution is 2.43. The molecule has 0 radical (unpaired) electrons. The van der Waals surface area contributed by atoms with Gasteiger partial charge in [-0.2, -0.15) is 26.3 Å². The average Bonchev–Trinajstić information content (AvgIpc) is 3.99. The van der Waals surface area contributed by atoms with Crippen LogP contribution in [-0.4, -0.2) is 117 Å². The number of carbonyl (C=O) groups excluding carboxylic acids is 4. The molecule has 23 heteroatoms. The van der Waals surface area contributed by atoms with Gasteiger partial charge in [0.2, 0.25) is 11.8 Å². The van der Waals surface area contributed by atoms with Crippen molar-refractivity contribution in [1.82, 2.24) is 41.3 Å². The second kappa shape index (κ2) is 21.0. The van der Waals surface area contributed by atoms with Crippen molar-refractivity contribution in [2.45, 2.75) is 99.1 Å². The van der Waals surface area contributed by atoms with E-state index in [0.717, 1.165) is 71.4 Å². The summed E-state index contributed by atoms with van der Waals surface area (Å²) < 4.78 is 77.7. The van der Waals surface area contributed by atoms with Gasteiger partial charge >= 0.3 is 12.4 Å². The van der Waals surface area contributed by atoms with E-state index in [-0.39, 0.29) is 42.2 Å². The summed E-state index contributed by atoms with van der Waals surface area (Å²) in [5, 5.41) is 42.6. The first-order valence-electron chi connectivity index (χ1n) is 21.6. The summed E-state index contributed by atoms with van der Waals surface area (Å²) >= 11 is 6.36. The average molecular weight is 1040 g/mol. The van der Waals surface area contributed by atoms with Crippen molar-refractivity contribution in [3.05, 3.63) is 102 Å². The Bertz CT molecular complexity index is 2360. The molecule has 8 rings (SSSR count). The molecule has 0 bridgehead atoms. The van der Waals surface area contributed by atoms with Crippen LogP contribution < -0.4 is 21.3 Å². The van der Waals surface area contributed by atoms with E-state index in [0.29, 0.717) is 69.0 Å². The third kappa shape index (κ3) is 13.0. The third-order valence-corrected chi connectivity index (χ3v) is 15.4. The fourth-order valence-corrected chi connectivity index (χ4v) is 11.1. The van der Waals surface area contributed by atoms with E-state index in [9.17, 15) is 55.7 Å². The number of nitrogens with zero attached hydrogens (tertiary/aromatic N) is 4. The molecule has 2 saturated carbocycles. The van der Waals surface area contributed by atoms with Gasteiger partial charge in [0.05, 0.1) is 41.9 Å². The number of likely N-dealkylation sites (tertiary alicyclic amines) is 2. The molecule has 362 valence electrons. The molecule has 4 fully saturated rings. The Morgan fingerprint density at radius 1 is 0.687 bits per heavy atom. The smallest absolute Gasteiger partial charge is 0.384 e. The lowest BCUT2D eigenvalue weighted by atomic mass is 9.80. The Balaban J connectivity index is 0.000000199. The molecule has 4 amide bonds. The molecule has 2 aliphatic carbocycles. The van der Waals surface area contributed by atoms with Gasteiger partial charge in [0, 0.05) is 64.1 Å². The first-order chi connectivity index (χ1) is 31.7. The standard InChI is InChI=1S/C23H25BrF3N3O3S.C21H24F3N5O3S/c24-16-9-19(34-13-16)22(33)6-4-18(5-7-22)30-11-17(12-30)29-20(31)10-28-21(32)14-2-1-3-15(8-14)23(25,26)27;22-21(23,24)14-3-1-2-13(8-14)18(31)25-9-17(30)27-15-10-29(11-15)16-4-6-20(32,7-5-16)19-28-26-12-33-19/h1-3,8-9,13,17-18,33H,4-7,10-12H2,(H,28,32)(H,29,31);1-3,8,12,15-16,32H,4-7,9-11H2,(H,25,31)(H,27,30). The maximum absolute atomic E-state index is 12.8. The predicted molar refractivity (Wildman–Crippen MR) is 239 cm³/mol. The molecule has 67 heavy (non-hydrogen) atoms. The number of amides is 4. The van der Waals surface area contributed by atoms with Crippen LogP contribution in [0.2, 0.25) is 0 Å². The molecule has 0 unspecified atom stereocenters. The molecule has 2 aromatic carbocycles. The molecule has 2 aromatic heterocycles. The van der Waals surface area contributed by atoms with Crippen LogP contribution in [-0.2, 0) is 33.1 Å². The number of thiophene rings is 1. The van der Waals surface area contributed by atoms with Crippen molar-refractivity contribution >= 4 is 62.2 Å². The van der Waals surface area contributed by atoms with Crippen molar-refractivity contribution in [2.24, 2.45) is 0 Å². The van der Waals surface area contributed by atoms with E-state index in [1.807, 2.05) is 11.4 Å². The van der Waals surface area contributed by atoms with Gasteiger partial charge in [0.15, 0.2) is 0 Å². The minimum absolute atomic E-state index is 0.0352. The monoisotopic (exact) mass is 1040 g/mol. The number of nitrogens with one attached hydrogen (secondary N) is 4. The van der Waals surface area contributed by atoms with Crippen molar-refractivity contribution in [2.75, 3.05) is 39.3 Å². The summed E-state index contributed by atoms with van der Waals surface area (Å²) in [6.45, 7) is 2.12. The number of halogens is 7. The van der Waals surface area contributed by atoms with Crippen LogP contribution >= 0.6 is 38.6 Å². The van der Waals surface area contributed by atoms with Crippen LogP contribution in [0.3, 0.4) is 0 Å². The molecule has 4 heterocycles. The van der Waals surface area contributed by atoms with Gasteiger partial charge in [-0.25, -0.2) is 0 Å². The van der Waals surface area contributed by atoms with Crippen LogP contribution in [0.25, 0.3) is 0 Å². The van der Waals surface area contributed by atoms with Crippen molar-refractivity contribution in [1.29, 1.82) is 0 Å². The first kappa shape index (κ1) is 50.4. The van der Waals surface area contributed by atoms with Crippen LogP contribution in [0, 0.1) is 0 Å². The molecule has 4 aromatic rings. The minimum Gasteiger partial charge on any atom is -0.384 e. The quantitative estimate of drug-likeness (QED) is 0.0947. The SMILES string of the molecule is O=C(CNC(=O)c1cccc(C(F)(F)F)c1)NC1CN(C2CCC(O)(c3cc(Br)cs3)CC2)C1.O=C(CNC(=O)c1cccc(C(F)(F)F)c1)NC1CN(C2CCC(O)(c3nncs3)CC2)C1. The molecule has 2 saturated heterocycles. The Labute approximate surface area is 398 Å². The van der Waals surface area contributed by atoms with Gasteiger partial charge < -0.3 is 31.5 Å². The number of hydrogen-bond donors (Lipinski definition) is 6. The third-order valence-electron chi connectivity index (χ3n) is 12.7. The first-order valence-corrected chi connectivity index (χ1v) is 24.2. The zero-order chi connectivity index (χ0) is 48.1. The summed E-state index contributed by atoms with van der Waals surface area (Å²) in [7, 11) is 0. The van der Waals surface area contributed by atoms with Crippen molar-refractivity contribution < 1.29 is 55.7 Å². The molecule has 0 atom stereocenters. The van der Waals surface area contributed by atoms with Gasteiger partial charge in [-0.15, -0.1) is 32.9 Å². The van der Waals surface area contributed by atoms with Crippen LogP contribution in [0.4, 0.5) is 26.3 Å². The Hall–Kier alpha value is -4.52. The second-order valence-corrected chi connectivity index (χ2v) is 20.0. The highest BCUT2D eigenvalue weighted by molar-refractivity contribution is 9.10. The van der Waals surface area contributed by atoms with E-state index in [1.165, 1.54) is 23.5 Å². The minimum atomic E-state index is -4.54. The van der Waals surface area contributed by atoms with Crippen molar-refractivity contribution in [3.8, 4) is 0 Å². The Morgan fingerprint density at radius 3 is 1.52 bits per heavy atom. The molecule has 2 aliphatic heterocycles. The van der Waals surface area contributed by atoms with E-state index in [1.54, 1.807) is 16.8 Å². The van der Waals surface area contributed by atoms with Gasteiger partial charge in [0.1, 0.15) is 16.1 Å². The summed E-state index contributed by atoms with van der Waals surface area (Å²) in [6.07, 6.45) is -3.07. The largest absolute Gasteiger partial charge is 0.416 e.